The smallest absolute Gasteiger partial charge is 0.272 e. The van der Waals surface area contributed by atoms with Gasteiger partial charge in [-0.2, -0.15) is 0 Å². The maximum absolute atomic E-state index is 13.4. The second kappa shape index (κ2) is 5.87. The van der Waals surface area contributed by atoms with Crippen LogP contribution in [0.15, 0.2) is 18.2 Å². The third kappa shape index (κ3) is 3.54. The van der Waals surface area contributed by atoms with Crippen LogP contribution in [0.5, 0.6) is 0 Å². The van der Waals surface area contributed by atoms with Crippen molar-refractivity contribution in [2.24, 2.45) is 11.7 Å². The summed E-state index contributed by atoms with van der Waals surface area (Å²) in [6.07, 6.45) is 5.64. The molecule has 110 valence electrons. The first-order valence-corrected chi connectivity index (χ1v) is 7.14. The Morgan fingerprint density at radius 1 is 1.40 bits per heavy atom. The Hall–Kier alpha value is -1.49. The van der Waals surface area contributed by atoms with Crippen LogP contribution in [0.3, 0.4) is 0 Å². The highest BCUT2D eigenvalue weighted by Gasteiger charge is 2.31. The highest BCUT2D eigenvalue weighted by molar-refractivity contribution is 5.36. The molecule has 0 unspecified atom stereocenters. The number of nitrogens with two attached hydrogens (primary N) is 1. The average molecular weight is 280 g/mol. The van der Waals surface area contributed by atoms with E-state index in [0.717, 1.165) is 37.7 Å². The van der Waals surface area contributed by atoms with Crippen molar-refractivity contribution in [3.05, 3.63) is 39.7 Å². The normalized spacial score (nSPS) is 26.4. The number of nitro benzene ring substituents is 1. The molecule has 0 amide bonds. The van der Waals surface area contributed by atoms with E-state index < -0.39 is 10.7 Å². The van der Waals surface area contributed by atoms with Crippen LogP contribution in [0.1, 0.15) is 44.6 Å². The molecule has 1 saturated carbocycles. The number of halogens is 1. The number of rotatable bonds is 4. The summed E-state index contributed by atoms with van der Waals surface area (Å²) in [6, 6.07) is 3.73. The zero-order valence-electron chi connectivity index (χ0n) is 11.8. The molecule has 1 aliphatic rings. The molecule has 4 nitrogen and oxygen atoms in total. The van der Waals surface area contributed by atoms with Crippen molar-refractivity contribution >= 4 is 5.69 Å². The minimum atomic E-state index is -0.569. The van der Waals surface area contributed by atoms with Gasteiger partial charge in [-0.15, -0.1) is 0 Å². The van der Waals surface area contributed by atoms with E-state index in [1.807, 2.05) is 0 Å². The Morgan fingerprint density at radius 2 is 2.05 bits per heavy atom. The van der Waals surface area contributed by atoms with Crippen molar-refractivity contribution in [1.29, 1.82) is 0 Å². The molecule has 1 fully saturated rings. The van der Waals surface area contributed by atoms with Crippen molar-refractivity contribution in [3.63, 3.8) is 0 Å². The van der Waals surface area contributed by atoms with Crippen LogP contribution in [0.25, 0.3) is 0 Å². The molecule has 0 radical (unpaired) electrons. The molecule has 0 aliphatic heterocycles. The number of nitrogens with zero attached hydrogens (tertiary/aromatic N) is 1. The third-order valence-corrected chi connectivity index (χ3v) is 4.39. The van der Waals surface area contributed by atoms with E-state index in [1.165, 1.54) is 18.6 Å². The van der Waals surface area contributed by atoms with Gasteiger partial charge >= 0.3 is 0 Å². The highest BCUT2D eigenvalue weighted by atomic mass is 19.1. The van der Waals surface area contributed by atoms with Crippen molar-refractivity contribution < 1.29 is 9.31 Å². The molecule has 1 aliphatic carbocycles. The monoisotopic (exact) mass is 280 g/mol. The van der Waals surface area contributed by atoms with Crippen LogP contribution < -0.4 is 5.73 Å². The minimum absolute atomic E-state index is 0.203. The maximum atomic E-state index is 13.4. The first-order chi connectivity index (χ1) is 9.42. The van der Waals surface area contributed by atoms with Gasteiger partial charge < -0.3 is 5.73 Å². The second-order valence-corrected chi connectivity index (χ2v) is 5.97. The van der Waals surface area contributed by atoms with Crippen LogP contribution in [0.2, 0.25) is 0 Å². The number of non-ortho nitro benzene ring substituents is 1. The third-order valence-electron chi connectivity index (χ3n) is 4.39. The summed E-state index contributed by atoms with van der Waals surface area (Å²) >= 11 is 0. The van der Waals surface area contributed by atoms with Crippen LogP contribution in [0.4, 0.5) is 10.1 Å². The van der Waals surface area contributed by atoms with E-state index in [0.29, 0.717) is 12.0 Å². The molecular weight excluding hydrogens is 259 g/mol. The number of nitro groups is 1. The van der Waals surface area contributed by atoms with E-state index in [1.54, 1.807) is 0 Å². The predicted molar refractivity (Wildman–Crippen MR) is 75.9 cm³/mol. The van der Waals surface area contributed by atoms with Gasteiger partial charge in [0, 0.05) is 11.6 Å². The van der Waals surface area contributed by atoms with Gasteiger partial charge in [0.2, 0.25) is 0 Å². The van der Waals surface area contributed by atoms with Gasteiger partial charge in [0.15, 0.2) is 0 Å². The molecule has 0 saturated heterocycles. The molecule has 0 spiro atoms. The highest BCUT2D eigenvalue weighted by Crippen LogP contribution is 2.34. The van der Waals surface area contributed by atoms with Crippen LogP contribution in [0, 0.1) is 21.8 Å². The van der Waals surface area contributed by atoms with E-state index in [2.05, 4.69) is 6.92 Å². The van der Waals surface area contributed by atoms with Gasteiger partial charge in [-0.05, 0) is 49.7 Å². The summed E-state index contributed by atoms with van der Waals surface area (Å²) in [6.45, 7) is 2.18. The molecular formula is C15H21FN2O2. The standard InChI is InChI=1S/C15H21FN2O2/c1-2-11-3-5-15(17,6-4-11)10-12-7-13(16)9-14(8-12)18(19)20/h7-9,11H,2-6,10,17H2,1H3. The molecule has 0 heterocycles. The van der Waals surface area contributed by atoms with Crippen LogP contribution >= 0.6 is 0 Å². The van der Waals surface area contributed by atoms with E-state index in [-0.39, 0.29) is 11.2 Å². The summed E-state index contributed by atoms with van der Waals surface area (Å²) in [5.74, 6) is 0.161. The molecule has 0 bridgehead atoms. The molecule has 5 heteroatoms. The number of hydrogen-bond donors (Lipinski definition) is 1. The lowest BCUT2D eigenvalue weighted by Crippen LogP contribution is -2.45. The largest absolute Gasteiger partial charge is 0.325 e. The van der Waals surface area contributed by atoms with Gasteiger partial charge in [0.1, 0.15) is 5.82 Å². The fourth-order valence-corrected chi connectivity index (χ4v) is 3.08. The fraction of sp³-hybridized carbons (Fsp3) is 0.600. The van der Waals surface area contributed by atoms with Crippen LogP contribution in [-0.4, -0.2) is 10.5 Å². The molecule has 20 heavy (non-hydrogen) atoms. The lowest BCUT2D eigenvalue weighted by molar-refractivity contribution is -0.385. The van der Waals surface area contributed by atoms with E-state index in [9.17, 15) is 14.5 Å². The van der Waals surface area contributed by atoms with Gasteiger partial charge in [-0.3, -0.25) is 10.1 Å². The average Bonchev–Trinajstić information content (AvgIpc) is 2.38. The lowest BCUT2D eigenvalue weighted by Gasteiger charge is -2.37. The fourth-order valence-electron chi connectivity index (χ4n) is 3.08. The Morgan fingerprint density at radius 3 is 2.60 bits per heavy atom. The summed E-state index contributed by atoms with van der Waals surface area (Å²) in [5.41, 5.74) is 6.45. The van der Waals surface area contributed by atoms with Gasteiger partial charge in [0.05, 0.1) is 11.0 Å². The maximum Gasteiger partial charge on any atom is 0.272 e. The molecule has 2 rings (SSSR count). The second-order valence-electron chi connectivity index (χ2n) is 5.97. The topological polar surface area (TPSA) is 69.2 Å². The number of hydrogen-bond acceptors (Lipinski definition) is 3. The quantitative estimate of drug-likeness (QED) is 0.677. The van der Waals surface area contributed by atoms with E-state index in [4.69, 9.17) is 5.73 Å². The van der Waals surface area contributed by atoms with Crippen molar-refractivity contribution in [2.45, 2.75) is 51.0 Å². The molecule has 0 atom stereocenters. The SMILES string of the molecule is CCC1CCC(N)(Cc2cc(F)cc([N+](=O)[O-])c2)CC1. The number of benzene rings is 1. The Bertz CT molecular complexity index is 497. The summed E-state index contributed by atoms with van der Waals surface area (Å²) in [5, 5.41) is 10.8. The van der Waals surface area contributed by atoms with Crippen molar-refractivity contribution in [1.82, 2.24) is 0 Å². The van der Waals surface area contributed by atoms with E-state index >= 15 is 0 Å². The lowest BCUT2D eigenvalue weighted by atomic mass is 9.73. The molecule has 1 aromatic carbocycles. The first kappa shape index (κ1) is 14.9. The van der Waals surface area contributed by atoms with Crippen molar-refractivity contribution in [3.8, 4) is 0 Å². The molecule has 1 aromatic rings. The van der Waals surface area contributed by atoms with Gasteiger partial charge in [0.25, 0.3) is 5.69 Å². The predicted octanol–water partition coefficient (Wildman–Crippen LogP) is 3.57. The van der Waals surface area contributed by atoms with Gasteiger partial charge in [-0.25, -0.2) is 4.39 Å². The zero-order chi connectivity index (χ0) is 14.8. The van der Waals surface area contributed by atoms with Crippen molar-refractivity contribution in [2.75, 3.05) is 0 Å². The zero-order valence-corrected chi connectivity index (χ0v) is 11.8. The Balaban J connectivity index is 2.11. The summed E-state index contributed by atoms with van der Waals surface area (Å²) < 4.78 is 13.4. The Labute approximate surface area is 118 Å². The summed E-state index contributed by atoms with van der Waals surface area (Å²) in [4.78, 5) is 10.2. The molecule has 0 aromatic heterocycles. The minimum Gasteiger partial charge on any atom is -0.325 e. The van der Waals surface area contributed by atoms with Crippen LogP contribution in [-0.2, 0) is 6.42 Å². The van der Waals surface area contributed by atoms with Gasteiger partial charge in [-0.1, -0.05) is 13.3 Å². The summed E-state index contributed by atoms with van der Waals surface area (Å²) in [7, 11) is 0. The Kier molecular flexibility index (Phi) is 4.38. The first-order valence-electron chi connectivity index (χ1n) is 7.14. The molecule has 2 N–H and O–H groups in total.